The predicted molar refractivity (Wildman–Crippen MR) is 82.5 cm³/mol. The molecule has 1 aromatic heterocycles. The molecular weight excluding hydrogens is 288 g/mol. The van der Waals surface area contributed by atoms with Crippen LogP contribution in [-0.4, -0.2) is 35.1 Å². The van der Waals surface area contributed by atoms with Gasteiger partial charge in [0.1, 0.15) is 0 Å². The molecule has 2 rings (SSSR count). The molecule has 0 radical (unpaired) electrons. The van der Waals surface area contributed by atoms with Crippen molar-refractivity contribution in [2.75, 3.05) is 13.1 Å². The first-order chi connectivity index (χ1) is 10.1. The van der Waals surface area contributed by atoms with Crippen LogP contribution in [-0.2, 0) is 11.3 Å². The smallest absolute Gasteiger partial charge is 0.317 e. The summed E-state index contributed by atoms with van der Waals surface area (Å²) in [7, 11) is 0. The minimum atomic E-state index is -0.760. The Kier molecular flexibility index (Phi) is 5.61. The number of amides is 2. The van der Waals surface area contributed by atoms with E-state index in [0.717, 1.165) is 24.9 Å². The average Bonchev–Trinajstić information content (AvgIpc) is 2.88. The van der Waals surface area contributed by atoms with Gasteiger partial charge in [-0.2, -0.15) is 11.3 Å². The predicted octanol–water partition coefficient (Wildman–Crippen LogP) is 2.84. The Bertz CT molecular complexity index is 501. The molecule has 0 spiro atoms. The lowest BCUT2D eigenvalue weighted by Crippen LogP contribution is -2.45. The Labute approximate surface area is 129 Å². The maximum absolute atomic E-state index is 12.2. The molecule has 1 aromatic rings. The minimum Gasteiger partial charge on any atom is -0.481 e. The van der Waals surface area contributed by atoms with Crippen molar-refractivity contribution >= 4 is 23.3 Å². The van der Waals surface area contributed by atoms with Gasteiger partial charge in [-0.05, 0) is 54.0 Å². The number of hydrogen-bond acceptors (Lipinski definition) is 3. The van der Waals surface area contributed by atoms with E-state index in [1.807, 2.05) is 11.8 Å². The van der Waals surface area contributed by atoms with E-state index in [2.05, 4.69) is 16.1 Å². The van der Waals surface area contributed by atoms with Crippen molar-refractivity contribution in [1.29, 1.82) is 0 Å². The molecule has 2 heterocycles. The van der Waals surface area contributed by atoms with Crippen LogP contribution in [0.5, 0.6) is 0 Å². The van der Waals surface area contributed by atoms with E-state index in [4.69, 9.17) is 5.11 Å². The second-order valence-electron chi connectivity index (χ2n) is 5.63. The quantitative estimate of drug-likeness (QED) is 0.878. The number of carboxylic acid groups (broad SMARTS) is 1. The van der Waals surface area contributed by atoms with E-state index >= 15 is 0 Å². The Morgan fingerprint density at radius 3 is 2.95 bits per heavy atom. The molecule has 6 heteroatoms. The molecule has 1 aliphatic rings. The Morgan fingerprint density at radius 2 is 2.29 bits per heavy atom. The van der Waals surface area contributed by atoms with Gasteiger partial charge >= 0.3 is 12.0 Å². The van der Waals surface area contributed by atoms with Gasteiger partial charge in [0, 0.05) is 26.1 Å². The van der Waals surface area contributed by atoms with Gasteiger partial charge in [-0.15, -0.1) is 0 Å². The number of piperidine rings is 1. The van der Waals surface area contributed by atoms with Gasteiger partial charge in [0.25, 0.3) is 0 Å². The summed E-state index contributed by atoms with van der Waals surface area (Å²) in [4.78, 5) is 24.6. The number of aliphatic carboxylic acids is 1. The highest BCUT2D eigenvalue weighted by molar-refractivity contribution is 7.08. The first-order valence-electron chi connectivity index (χ1n) is 7.32. The van der Waals surface area contributed by atoms with E-state index in [-0.39, 0.29) is 12.5 Å². The van der Waals surface area contributed by atoms with Gasteiger partial charge in [-0.3, -0.25) is 4.79 Å². The van der Waals surface area contributed by atoms with Gasteiger partial charge in [0.15, 0.2) is 0 Å². The maximum atomic E-state index is 12.2. The zero-order valence-corrected chi connectivity index (χ0v) is 13.1. The number of nitrogens with zero attached hydrogens (tertiary/aromatic N) is 1. The van der Waals surface area contributed by atoms with E-state index in [9.17, 15) is 9.59 Å². The first-order valence-corrected chi connectivity index (χ1v) is 8.26. The van der Waals surface area contributed by atoms with Crippen molar-refractivity contribution in [3.8, 4) is 0 Å². The van der Waals surface area contributed by atoms with Crippen LogP contribution in [0.25, 0.3) is 0 Å². The molecule has 5 nitrogen and oxygen atoms in total. The Morgan fingerprint density at radius 1 is 1.48 bits per heavy atom. The SMILES string of the molecule is Cc1cscc1CNC(=O)N1CCCC(CCC(=O)O)C1. The summed E-state index contributed by atoms with van der Waals surface area (Å²) in [5.41, 5.74) is 2.37. The fourth-order valence-electron chi connectivity index (χ4n) is 2.66. The molecule has 1 unspecified atom stereocenters. The van der Waals surface area contributed by atoms with Crippen molar-refractivity contribution < 1.29 is 14.7 Å². The normalized spacial score (nSPS) is 18.5. The summed E-state index contributed by atoms with van der Waals surface area (Å²) in [5, 5.41) is 15.8. The molecule has 21 heavy (non-hydrogen) atoms. The highest BCUT2D eigenvalue weighted by Gasteiger charge is 2.23. The lowest BCUT2D eigenvalue weighted by atomic mass is 9.93. The van der Waals surface area contributed by atoms with E-state index in [1.54, 1.807) is 11.3 Å². The number of carbonyl (C=O) groups is 2. The Balaban J connectivity index is 1.79. The topological polar surface area (TPSA) is 69.6 Å². The number of urea groups is 1. The van der Waals surface area contributed by atoms with Crippen LogP contribution in [0.3, 0.4) is 0 Å². The number of carbonyl (C=O) groups excluding carboxylic acids is 1. The molecule has 116 valence electrons. The van der Waals surface area contributed by atoms with E-state index < -0.39 is 5.97 Å². The van der Waals surface area contributed by atoms with Crippen LogP contribution in [0.2, 0.25) is 0 Å². The number of carboxylic acids is 1. The van der Waals surface area contributed by atoms with Crippen LogP contribution in [0.15, 0.2) is 10.8 Å². The van der Waals surface area contributed by atoms with Gasteiger partial charge in [-0.1, -0.05) is 0 Å². The molecule has 0 bridgehead atoms. The average molecular weight is 310 g/mol. The summed E-state index contributed by atoms with van der Waals surface area (Å²) >= 11 is 1.64. The van der Waals surface area contributed by atoms with Crippen molar-refractivity contribution in [3.63, 3.8) is 0 Å². The van der Waals surface area contributed by atoms with Gasteiger partial charge in [0.2, 0.25) is 0 Å². The van der Waals surface area contributed by atoms with E-state index in [1.165, 1.54) is 5.56 Å². The second-order valence-corrected chi connectivity index (χ2v) is 6.37. The maximum Gasteiger partial charge on any atom is 0.317 e. The summed E-state index contributed by atoms with van der Waals surface area (Å²) in [5.74, 6) is -0.451. The van der Waals surface area contributed by atoms with Crippen molar-refractivity contribution in [2.45, 2.75) is 39.2 Å². The zero-order valence-electron chi connectivity index (χ0n) is 12.3. The van der Waals surface area contributed by atoms with Crippen LogP contribution in [0.1, 0.15) is 36.8 Å². The van der Waals surface area contributed by atoms with Crippen LogP contribution < -0.4 is 5.32 Å². The molecule has 0 aromatic carbocycles. The molecule has 1 atom stereocenters. The lowest BCUT2D eigenvalue weighted by molar-refractivity contribution is -0.137. The highest BCUT2D eigenvalue weighted by atomic mass is 32.1. The third-order valence-electron chi connectivity index (χ3n) is 3.96. The third-order valence-corrected chi connectivity index (χ3v) is 4.87. The first kappa shape index (κ1) is 15.8. The van der Waals surface area contributed by atoms with Crippen LogP contribution in [0.4, 0.5) is 4.79 Å². The standard InChI is InChI=1S/C15H22N2O3S/c1-11-9-21-10-13(11)7-16-15(20)17-6-2-3-12(8-17)4-5-14(18)19/h9-10,12H,2-8H2,1H3,(H,16,20)(H,18,19). The summed E-state index contributed by atoms with van der Waals surface area (Å²) in [6.45, 7) is 4.03. The van der Waals surface area contributed by atoms with Gasteiger partial charge in [0.05, 0.1) is 0 Å². The molecule has 1 aliphatic heterocycles. The fourth-order valence-corrected chi connectivity index (χ4v) is 3.52. The monoisotopic (exact) mass is 310 g/mol. The second kappa shape index (κ2) is 7.45. The molecule has 0 saturated carbocycles. The summed E-state index contributed by atoms with van der Waals surface area (Å²) in [6.07, 6.45) is 2.81. The number of thiophene rings is 1. The highest BCUT2D eigenvalue weighted by Crippen LogP contribution is 2.21. The van der Waals surface area contributed by atoms with E-state index in [0.29, 0.717) is 25.4 Å². The summed E-state index contributed by atoms with van der Waals surface area (Å²) in [6, 6.07) is -0.0411. The summed E-state index contributed by atoms with van der Waals surface area (Å²) < 4.78 is 0. The third kappa shape index (κ3) is 4.74. The zero-order chi connectivity index (χ0) is 15.2. The van der Waals surface area contributed by atoms with Crippen LogP contribution >= 0.6 is 11.3 Å². The molecule has 2 N–H and O–H groups in total. The number of nitrogens with one attached hydrogen (secondary N) is 1. The number of likely N-dealkylation sites (tertiary alicyclic amines) is 1. The van der Waals surface area contributed by atoms with Crippen LogP contribution in [0, 0.1) is 12.8 Å². The minimum absolute atomic E-state index is 0.0411. The molecule has 2 amide bonds. The van der Waals surface area contributed by atoms with Crippen molar-refractivity contribution in [3.05, 3.63) is 21.9 Å². The Hall–Kier alpha value is -1.56. The lowest BCUT2D eigenvalue weighted by Gasteiger charge is -2.32. The number of aryl methyl sites for hydroxylation is 1. The molecular formula is C15H22N2O3S. The number of rotatable bonds is 5. The van der Waals surface area contributed by atoms with Gasteiger partial charge < -0.3 is 15.3 Å². The molecule has 0 aliphatic carbocycles. The van der Waals surface area contributed by atoms with Crippen molar-refractivity contribution in [1.82, 2.24) is 10.2 Å². The number of hydrogen-bond donors (Lipinski definition) is 2. The molecule has 1 saturated heterocycles. The largest absolute Gasteiger partial charge is 0.481 e. The van der Waals surface area contributed by atoms with Crippen molar-refractivity contribution in [2.24, 2.45) is 5.92 Å². The fraction of sp³-hybridized carbons (Fsp3) is 0.600. The molecule has 1 fully saturated rings. The van der Waals surface area contributed by atoms with Gasteiger partial charge in [-0.25, -0.2) is 4.79 Å².